The molecule has 1 fully saturated rings. The summed E-state index contributed by atoms with van der Waals surface area (Å²) in [5.74, 6) is 0.886. The molecule has 1 aliphatic carbocycles. The molecule has 88 valence electrons. The van der Waals surface area contributed by atoms with Crippen molar-refractivity contribution in [3.63, 3.8) is 0 Å². The van der Waals surface area contributed by atoms with Gasteiger partial charge in [-0.1, -0.05) is 44.5 Å². The maximum absolute atomic E-state index is 3.63. The molecule has 0 aromatic heterocycles. The Morgan fingerprint density at radius 2 is 2.12 bits per heavy atom. The van der Waals surface area contributed by atoms with Crippen LogP contribution >= 0.6 is 0 Å². The van der Waals surface area contributed by atoms with Gasteiger partial charge in [0.15, 0.2) is 0 Å². The predicted octanol–water partition coefficient (Wildman–Crippen LogP) is 3.70. The SMILES string of the molecule is CCCc1cccc(C(NCC)C2CC2)c1. The van der Waals surface area contributed by atoms with Crippen LogP contribution in [0.1, 0.15) is 50.3 Å². The van der Waals surface area contributed by atoms with Crippen molar-refractivity contribution in [2.45, 2.75) is 45.6 Å². The van der Waals surface area contributed by atoms with Crippen LogP contribution in [0, 0.1) is 5.92 Å². The highest BCUT2D eigenvalue weighted by molar-refractivity contribution is 5.27. The second-order valence-electron chi connectivity index (χ2n) is 4.87. The zero-order chi connectivity index (χ0) is 11.4. The first kappa shape index (κ1) is 11.7. The van der Waals surface area contributed by atoms with Gasteiger partial charge in [-0.25, -0.2) is 0 Å². The first-order valence-electron chi connectivity index (χ1n) is 6.67. The summed E-state index contributed by atoms with van der Waals surface area (Å²) in [7, 11) is 0. The quantitative estimate of drug-likeness (QED) is 0.766. The van der Waals surface area contributed by atoms with Gasteiger partial charge in [-0.15, -0.1) is 0 Å². The Balaban J connectivity index is 2.12. The van der Waals surface area contributed by atoms with E-state index in [4.69, 9.17) is 0 Å². The van der Waals surface area contributed by atoms with E-state index in [1.807, 2.05) is 0 Å². The number of nitrogens with one attached hydrogen (secondary N) is 1. The first-order chi connectivity index (χ1) is 7.85. The van der Waals surface area contributed by atoms with Crippen LogP contribution in [0.4, 0.5) is 0 Å². The van der Waals surface area contributed by atoms with Crippen LogP contribution in [0.15, 0.2) is 24.3 Å². The van der Waals surface area contributed by atoms with Crippen LogP contribution in [0.25, 0.3) is 0 Å². The molecule has 0 aliphatic heterocycles. The Bertz CT molecular complexity index is 328. The summed E-state index contributed by atoms with van der Waals surface area (Å²) in [6.07, 6.45) is 5.24. The Hall–Kier alpha value is -0.820. The van der Waals surface area contributed by atoms with Crippen molar-refractivity contribution in [2.24, 2.45) is 5.92 Å². The third-order valence-corrected chi connectivity index (χ3v) is 3.37. The molecule has 0 saturated heterocycles. The van der Waals surface area contributed by atoms with Crippen molar-refractivity contribution in [1.29, 1.82) is 0 Å². The average molecular weight is 217 g/mol. The number of aryl methyl sites for hydroxylation is 1. The molecule has 0 spiro atoms. The van der Waals surface area contributed by atoms with Crippen molar-refractivity contribution in [1.82, 2.24) is 5.32 Å². The molecular formula is C15H23N. The zero-order valence-electron chi connectivity index (χ0n) is 10.5. The van der Waals surface area contributed by atoms with Crippen molar-refractivity contribution in [3.8, 4) is 0 Å². The van der Waals surface area contributed by atoms with Gasteiger partial charge >= 0.3 is 0 Å². The monoisotopic (exact) mass is 217 g/mol. The van der Waals surface area contributed by atoms with Gasteiger partial charge < -0.3 is 5.32 Å². The van der Waals surface area contributed by atoms with E-state index in [0.29, 0.717) is 6.04 Å². The maximum atomic E-state index is 3.63. The molecule has 1 saturated carbocycles. The van der Waals surface area contributed by atoms with E-state index < -0.39 is 0 Å². The van der Waals surface area contributed by atoms with Gasteiger partial charge in [-0.3, -0.25) is 0 Å². The largest absolute Gasteiger partial charge is 0.310 e. The fraction of sp³-hybridized carbons (Fsp3) is 0.600. The normalized spacial score (nSPS) is 17.4. The number of rotatable bonds is 6. The van der Waals surface area contributed by atoms with Crippen LogP contribution < -0.4 is 5.32 Å². The average Bonchev–Trinajstić information content (AvgIpc) is 3.11. The maximum Gasteiger partial charge on any atom is 0.0348 e. The molecule has 16 heavy (non-hydrogen) atoms. The minimum Gasteiger partial charge on any atom is -0.310 e. The van der Waals surface area contributed by atoms with E-state index in [1.54, 1.807) is 0 Å². The predicted molar refractivity (Wildman–Crippen MR) is 69.6 cm³/mol. The smallest absolute Gasteiger partial charge is 0.0348 e. The molecule has 1 atom stereocenters. The highest BCUT2D eigenvalue weighted by Gasteiger charge is 2.31. The second-order valence-corrected chi connectivity index (χ2v) is 4.87. The number of hydrogen-bond donors (Lipinski definition) is 1. The van der Waals surface area contributed by atoms with Crippen molar-refractivity contribution in [3.05, 3.63) is 35.4 Å². The van der Waals surface area contributed by atoms with Gasteiger partial charge in [0, 0.05) is 6.04 Å². The molecule has 1 unspecified atom stereocenters. The number of benzene rings is 1. The molecule has 1 aliphatic rings. The molecule has 0 bridgehead atoms. The van der Waals surface area contributed by atoms with Crippen LogP contribution in [-0.2, 0) is 6.42 Å². The molecule has 1 N–H and O–H groups in total. The van der Waals surface area contributed by atoms with E-state index in [1.165, 1.54) is 36.8 Å². The van der Waals surface area contributed by atoms with Gasteiger partial charge in [0.2, 0.25) is 0 Å². The minimum atomic E-state index is 0.599. The molecule has 1 heteroatoms. The van der Waals surface area contributed by atoms with E-state index in [2.05, 4.69) is 43.4 Å². The summed E-state index contributed by atoms with van der Waals surface area (Å²) in [6, 6.07) is 9.75. The van der Waals surface area contributed by atoms with Crippen LogP contribution in [-0.4, -0.2) is 6.54 Å². The Kier molecular flexibility index (Phi) is 4.00. The second kappa shape index (κ2) is 5.49. The lowest BCUT2D eigenvalue weighted by molar-refractivity contribution is 0.496. The molecule has 1 nitrogen and oxygen atoms in total. The minimum absolute atomic E-state index is 0.599. The van der Waals surface area contributed by atoms with E-state index in [-0.39, 0.29) is 0 Å². The summed E-state index contributed by atoms with van der Waals surface area (Å²) in [5.41, 5.74) is 2.99. The van der Waals surface area contributed by atoms with E-state index in [0.717, 1.165) is 12.5 Å². The first-order valence-corrected chi connectivity index (χ1v) is 6.67. The summed E-state index contributed by atoms with van der Waals surface area (Å²) in [4.78, 5) is 0. The molecule has 1 aromatic rings. The van der Waals surface area contributed by atoms with Crippen LogP contribution in [0.5, 0.6) is 0 Å². The molecule has 0 radical (unpaired) electrons. The van der Waals surface area contributed by atoms with E-state index in [9.17, 15) is 0 Å². The van der Waals surface area contributed by atoms with Crippen molar-refractivity contribution < 1.29 is 0 Å². The fourth-order valence-electron chi connectivity index (χ4n) is 2.44. The van der Waals surface area contributed by atoms with Crippen molar-refractivity contribution in [2.75, 3.05) is 6.54 Å². The van der Waals surface area contributed by atoms with Gasteiger partial charge in [0.05, 0.1) is 0 Å². The summed E-state index contributed by atoms with van der Waals surface area (Å²) < 4.78 is 0. The Morgan fingerprint density at radius 1 is 1.31 bits per heavy atom. The Labute approximate surface area is 99.3 Å². The van der Waals surface area contributed by atoms with Crippen LogP contribution in [0.2, 0.25) is 0 Å². The third-order valence-electron chi connectivity index (χ3n) is 3.37. The molecular weight excluding hydrogens is 194 g/mol. The van der Waals surface area contributed by atoms with Crippen LogP contribution in [0.3, 0.4) is 0 Å². The van der Waals surface area contributed by atoms with Gasteiger partial charge in [0.25, 0.3) is 0 Å². The van der Waals surface area contributed by atoms with E-state index >= 15 is 0 Å². The third kappa shape index (κ3) is 2.85. The summed E-state index contributed by atoms with van der Waals surface area (Å²) in [6.45, 7) is 5.51. The molecule has 0 amide bonds. The Morgan fingerprint density at radius 3 is 2.75 bits per heavy atom. The molecule has 0 heterocycles. The lowest BCUT2D eigenvalue weighted by Gasteiger charge is -2.18. The van der Waals surface area contributed by atoms with Gasteiger partial charge in [-0.05, 0) is 42.9 Å². The van der Waals surface area contributed by atoms with Gasteiger partial charge in [0.1, 0.15) is 0 Å². The highest BCUT2D eigenvalue weighted by Crippen LogP contribution is 2.41. The standard InChI is InChI=1S/C15H23N/c1-3-6-12-7-5-8-14(11-12)15(16-4-2)13-9-10-13/h5,7-8,11,13,15-16H,3-4,6,9-10H2,1-2H3. The van der Waals surface area contributed by atoms with Gasteiger partial charge in [-0.2, -0.15) is 0 Å². The molecule has 2 rings (SSSR count). The van der Waals surface area contributed by atoms with Crippen molar-refractivity contribution >= 4 is 0 Å². The lowest BCUT2D eigenvalue weighted by atomic mass is 9.98. The summed E-state index contributed by atoms with van der Waals surface area (Å²) >= 11 is 0. The molecule has 1 aromatic carbocycles. The summed E-state index contributed by atoms with van der Waals surface area (Å²) in [5, 5.41) is 3.63. The lowest BCUT2D eigenvalue weighted by Crippen LogP contribution is -2.22. The zero-order valence-corrected chi connectivity index (χ0v) is 10.5. The topological polar surface area (TPSA) is 12.0 Å². The fourth-order valence-corrected chi connectivity index (χ4v) is 2.44. The highest BCUT2D eigenvalue weighted by atomic mass is 14.9. The number of hydrogen-bond acceptors (Lipinski definition) is 1.